The Balaban J connectivity index is 1.81. The normalized spacial score (nSPS) is 12.8. The molecular weight excluding hydrogens is 472 g/mol. The van der Waals surface area contributed by atoms with Gasteiger partial charge in [0.2, 0.25) is 0 Å². The molecule has 0 aromatic heterocycles. The van der Waals surface area contributed by atoms with Crippen molar-refractivity contribution in [1.29, 1.82) is 5.26 Å². The molecule has 0 aliphatic carbocycles. The Labute approximate surface area is 218 Å². The Morgan fingerprint density at radius 1 is 1.06 bits per heavy atom. The Bertz CT molecular complexity index is 1260. The molecule has 0 saturated heterocycles. The number of nitriles is 1. The fourth-order valence-electron chi connectivity index (χ4n) is 4.14. The van der Waals surface area contributed by atoms with Gasteiger partial charge in [0.25, 0.3) is 5.91 Å². The molecule has 0 saturated carbocycles. The van der Waals surface area contributed by atoms with Crippen molar-refractivity contribution in [2.24, 2.45) is 0 Å². The van der Waals surface area contributed by atoms with Crippen LogP contribution in [0.25, 0.3) is 0 Å². The Morgan fingerprint density at radius 3 is 2.42 bits per heavy atom. The molecule has 0 aliphatic heterocycles. The Hall–Kier alpha value is -3.62. The second kappa shape index (κ2) is 11.9. The zero-order valence-corrected chi connectivity index (χ0v) is 21.8. The number of benzene rings is 3. The van der Waals surface area contributed by atoms with Gasteiger partial charge in [-0.2, -0.15) is 5.26 Å². The van der Waals surface area contributed by atoms with E-state index in [1.807, 2.05) is 68.4 Å². The van der Waals surface area contributed by atoms with E-state index in [2.05, 4.69) is 11.4 Å². The van der Waals surface area contributed by atoms with Gasteiger partial charge in [-0.05, 0) is 80.6 Å². The summed E-state index contributed by atoms with van der Waals surface area (Å²) in [5.41, 5.74) is 2.48. The first-order valence-corrected chi connectivity index (χ1v) is 12.4. The number of amides is 1. The summed E-state index contributed by atoms with van der Waals surface area (Å²) in [5, 5.41) is 13.1. The van der Waals surface area contributed by atoms with Crippen LogP contribution in [-0.4, -0.2) is 23.5 Å². The van der Waals surface area contributed by atoms with Crippen molar-refractivity contribution in [2.75, 3.05) is 0 Å². The second-order valence-corrected chi connectivity index (χ2v) is 9.78. The molecule has 186 valence electrons. The maximum atomic E-state index is 13.3. The molecule has 5 nitrogen and oxygen atoms in total. The summed E-state index contributed by atoms with van der Waals surface area (Å²) in [6.45, 7) is 7.06. The van der Waals surface area contributed by atoms with Crippen molar-refractivity contribution in [2.45, 2.75) is 58.1 Å². The third kappa shape index (κ3) is 6.74. The van der Waals surface area contributed by atoms with E-state index in [1.54, 1.807) is 32.0 Å². The summed E-state index contributed by atoms with van der Waals surface area (Å²) in [7, 11) is 0. The van der Waals surface area contributed by atoms with Crippen LogP contribution in [0.3, 0.4) is 0 Å². The average molecular weight is 503 g/mol. The summed E-state index contributed by atoms with van der Waals surface area (Å²) in [6.07, 6.45) is 1.31. The third-order valence-electron chi connectivity index (χ3n) is 6.29. The van der Waals surface area contributed by atoms with Gasteiger partial charge in [-0.25, -0.2) is 4.79 Å². The van der Waals surface area contributed by atoms with Gasteiger partial charge in [-0.1, -0.05) is 61.0 Å². The van der Waals surface area contributed by atoms with Crippen LogP contribution in [0.2, 0.25) is 5.02 Å². The SMILES string of the molecule is CCc1ccccc1C(=O)OC(C)(C)C(=O)N[C@@H](C)[C@@H](Cc1ccc(Cl)cc1)c1cccc(C#N)c1. The van der Waals surface area contributed by atoms with Crippen molar-refractivity contribution < 1.29 is 14.3 Å². The topological polar surface area (TPSA) is 79.2 Å². The van der Waals surface area contributed by atoms with Crippen molar-refractivity contribution in [3.05, 3.63) is 106 Å². The van der Waals surface area contributed by atoms with Crippen LogP contribution in [0.15, 0.2) is 72.8 Å². The van der Waals surface area contributed by atoms with Crippen molar-refractivity contribution in [3.63, 3.8) is 0 Å². The molecule has 3 aromatic rings. The van der Waals surface area contributed by atoms with Crippen LogP contribution in [0, 0.1) is 11.3 Å². The van der Waals surface area contributed by atoms with E-state index in [0.29, 0.717) is 29.0 Å². The molecule has 2 atom stereocenters. The summed E-state index contributed by atoms with van der Waals surface area (Å²) < 4.78 is 5.67. The van der Waals surface area contributed by atoms with Crippen LogP contribution in [0.1, 0.15) is 66.2 Å². The molecule has 1 N–H and O–H groups in total. The van der Waals surface area contributed by atoms with E-state index in [1.165, 1.54) is 0 Å². The van der Waals surface area contributed by atoms with Crippen molar-refractivity contribution in [3.8, 4) is 6.07 Å². The lowest BCUT2D eigenvalue weighted by Crippen LogP contribution is -2.50. The van der Waals surface area contributed by atoms with Crippen molar-refractivity contribution in [1.82, 2.24) is 5.32 Å². The van der Waals surface area contributed by atoms with Gasteiger partial charge in [-0.3, -0.25) is 4.79 Å². The van der Waals surface area contributed by atoms with E-state index < -0.39 is 17.5 Å². The quantitative estimate of drug-likeness (QED) is 0.351. The lowest BCUT2D eigenvalue weighted by atomic mass is 9.85. The van der Waals surface area contributed by atoms with E-state index in [-0.39, 0.29) is 12.0 Å². The molecule has 0 spiro atoms. The fourth-order valence-corrected chi connectivity index (χ4v) is 4.26. The molecule has 0 radical (unpaired) electrons. The minimum atomic E-state index is -1.38. The summed E-state index contributed by atoms with van der Waals surface area (Å²) in [5.74, 6) is -1.05. The molecule has 0 unspecified atom stereocenters. The van der Waals surface area contributed by atoms with E-state index in [0.717, 1.165) is 16.7 Å². The molecule has 1 amide bonds. The van der Waals surface area contributed by atoms with Crippen LogP contribution in [0.4, 0.5) is 0 Å². The maximum Gasteiger partial charge on any atom is 0.339 e. The van der Waals surface area contributed by atoms with Crippen LogP contribution in [-0.2, 0) is 22.4 Å². The summed E-state index contributed by atoms with van der Waals surface area (Å²) >= 11 is 6.06. The molecule has 0 bridgehead atoms. The maximum absolute atomic E-state index is 13.3. The van der Waals surface area contributed by atoms with Gasteiger partial charge >= 0.3 is 5.97 Å². The van der Waals surface area contributed by atoms with Gasteiger partial charge in [0, 0.05) is 17.0 Å². The molecule has 0 fully saturated rings. The summed E-state index contributed by atoms with van der Waals surface area (Å²) in [4.78, 5) is 26.2. The fraction of sp³-hybridized carbons (Fsp3) is 0.300. The first-order chi connectivity index (χ1) is 17.1. The number of hydrogen-bond acceptors (Lipinski definition) is 4. The highest BCUT2D eigenvalue weighted by Crippen LogP contribution is 2.27. The Kier molecular flexibility index (Phi) is 8.90. The van der Waals surface area contributed by atoms with E-state index >= 15 is 0 Å². The number of esters is 1. The minimum absolute atomic E-state index is 0.129. The number of ether oxygens (including phenoxy) is 1. The summed E-state index contributed by atoms with van der Waals surface area (Å²) in [6, 6.07) is 24.1. The molecule has 3 aromatic carbocycles. The molecule has 6 heteroatoms. The van der Waals surface area contributed by atoms with Gasteiger partial charge in [0.1, 0.15) is 0 Å². The molecule has 0 aliphatic rings. The van der Waals surface area contributed by atoms with Crippen LogP contribution in [0.5, 0.6) is 0 Å². The van der Waals surface area contributed by atoms with Crippen LogP contribution >= 0.6 is 11.6 Å². The zero-order valence-electron chi connectivity index (χ0n) is 21.0. The predicted molar refractivity (Wildman–Crippen MR) is 142 cm³/mol. The average Bonchev–Trinajstić information content (AvgIpc) is 2.87. The number of carbonyl (C=O) groups excluding carboxylic acids is 2. The molecule has 3 rings (SSSR count). The van der Waals surface area contributed by atoms with Crippen molar-refractivity contribution >= 4 is 23.5 Å². The number of rotatable bonds is 9. The number of aryl methyl sites for hydroxylation is 1. The molecular formula is C30H31ClN2O3. The monoisotopic (exact) mass is 502 g/mol. The standard InChI is InChI=1S/C30H31ClN2O3/c1-5-23-10-6-7-12-26(23)28(34)36-30(3,4)29(35)33-20(2)27(18-21-13-15-25(31)16-14-21)24-11-8-9-22(17-24)19-32/h6-17,20,27H,5,18H2,1-4H3,(H,33,35)/t20-,27+/m0/s1. The minimum Gasteiger partial charge on any atom is -0.446 e. The van der Waals surface area contributed by atoms with Gasteiger partial charge in [0.05, 0.1) is 17.2 Å². The van der Waals surface area contributed by atoms with Gasteiger partial charge in [0.15, 0.2) is 5.60 Å². The lowest BCUT2D eigenvalue weighted by molar-refractivity contribution is -0.138. The molecule has 0 heterocycles. The third-order valence-corrected chi connectivity index (χ3v) is 6.54. The highest BCUT2D eigenvalue weighted by Gasteiger charge is 2.35. The number of carbonyl (C=O) groups is 2. The first kappa shape index (κ1) is 27.0. The number of nitrogens with one attached hydrogen (secondary N) is 1. The predicted octanol–water partition coefficient (Wildman–Crippen LogP) is 6.24. The number of hydrogen-bond donors (Lipinski definition) is 1. The first-order valence-electron chi connectivity index (χ1n) is 12.0. The molecule has 36 heavy (non-hydrogen) atoms. The number of halogens is 1. The van der Waals surface area contributed by atoms with Crippen LogP contribution < -0.4 is 5.32 Å². The Morgan fingerprint density at radius 2 is 1.75 bits per heavy atom. The number of nitrogens with zero attached hydrogens (tertiary/aromatic N) is 1. The smallest absolute Gasteiger partial charge is 0.339 e. The van der Waals surface area contributed by atoms with Gasteiger partial charge in [-0.15, -0.1) is 0 Å². The largest absolute Gasteiger partial charge is 0.446 e. The zero-order chi connectivity index (χ0) is 26.3. The lowest BCUT2D eigenvalue weighted by Gasteiger charge is -2.30. The van der Waals surface area contributed by atoms with Gasteiger partial charge < -0.3 is 10.1 Å². The van der Waals surface area contributed by atoms with E-state index in [9.17, 15) is 14.9 Å². The second-order valence-electron chi connectivity index (χ2n) is 9.35. The highest BCUT2D eigenvalue weighted by molar-refractivity contribution is 6.30. The van der Waals surface area contributed by atoms with E-state index in [4.69, 9.17) is 16.3 Å². The highest BCUT2D eigenvalue weighted by atomic mass is 35.5.